The molecular formula is CB2K2O6. The summed E-state index contributed by atoms with van der Waals surface area (Å²) >= 11 is 0. The Labute approximate surface area is 149 Å². The zero-order chi connectivity index (χ0) is 7.70. The molecule has 0 aliphatic rings. The van der Waals surface area contributed by atoms with Crippen LogP contribution in [0.4, 0.5) is 4.79 Å². The predicted octanol–water partition coefficient (Wildman–Crippen LogP) is -9.51. The third-order valence-corrected chi connectivity index (χ3v) is 0.111. The minimum Gasteiger partial charge on any atom is -0.652 e. The monoisotopic (exact) mass is 208 g/mol. The molecule has 0 aliphatic heterocycles. The molecule has 0 saturated carbocycles. The Morgan fingerprint density at radius 2 is 1.27 bits per heavy atom. The SMILES string of the molecule is O=BOB=O.O=C([O-])[O-].[K+].[K+]. The van der Waals surface area contributed by atoms with Gasteiger partial charge in [-0.2, -0.15) is 0 Å². The second-order valence-corrected chi connectivity index (χ2v) is 0.579. The third kappa shape index (κ3) is 73.8. The van der Waals surface area contributed by atoms with Crippen molar-refractivity contribution >= 4 is 20.9 Å². The van der Waals surface area contributed by atoms with Crippen LogP contribution in [0, 0.1) is 0 Å². The molecule has 0 aromatic carbocycles. The van der Waals surface area contributed by atoms with E-state index in [1.807, 2.05) is 0 Å². The average Bonchev–Trinajstić information content (AvgIpc) is 1.66. The number of hydrogen-bond acceptors (Lipinski definition) is 6. The van der Waals surface area contributed by atoms with Crippen molar-refractivity contribution in [2.45, 2.75) is 0 Å². The Balaban J connectivity index is -0.0000000383. The Bertz CT molecular complexity index is 96.8. The van der Waals surface area contributed by atoms with Crippen molar-refractivity contribution in [3.05, 3.63) is 0 Å². The fourth-order valence-corrected chi connectivity index (χ4v) is 0.0227. The van der Waals surface area contributed by atoms with Crippen LogP contribution in [0.3, 0.4) is 0 Å². The zero-order valence-corrected chi connectivity index (χ0v) is 12.4. The van der Waals surface area contributed by atoms with Crippen LogP contribution in [0.5, 0.6) is 0 Å². The molecule has 0 heterocycles. The Kier molecular flexibility index (Phi) is 47.8. The molecule has 0 aromatic heterocycles. The number of carboxylic acid groups (broad SMARTS) is 2. The Morgan fingerprint density at radius 1 is 1.09 bits per heavy atom. The molecule has 0 aliphatic carbocycles. The molecular weight excluding hydrogens is 208 g/mol. The van der Waals surface area contributed by atoms with Crippen molar-refractivity contribution in [3.8, 4) is 0 Å². The molecule has 0 N–H and O–H groups in total. The first-order valence-electron chi connectivity index (χ1n) is 1.56. The topological polar surface area (TPSA) is 107 Å². The summed E-state index contributed by atoms with van der Waals surface area (Å²) in [6.07, 6.45) is -2.33. The zero-order valence-electron chi connectivity index (χ0n) is 6.10. The van der Waals surface area contributed by atoms with Crippen LogP contribution in [0.2, 0.25) is 0 Å². The van der Waals surface area contributed by atoms with Gasteiger partial charge in [0.25, 0.3) is 0 Å². The van der Waals surface area contributed by atoms with E-state index in [1.165, 1.54) is 0 Å². The van der Waals surface area contributed by atoms with Crippen LogP contribution in [0.15, 0.2) is 0 Å². The van der Waals surface area contributed by atoms with Crippen LogP contribution in [-0.2, 0) is 14.0 Å². The molecule has 0 rings (SSSR count). The average molecular weight is 208 g/mol. The summed E-state index contributed by atoms with van der Waals surface area (Å²) in [5.74, 6) is 0. The maximum absolute atomic E-state index is 8.95. The van der Waals surface area contributed by atoms with Crippen molar-refractivity contribution in [1.29, 1.82) is 0 Å². The van der Waals surface area contributed by atoms with Gasteiger partial charge in [0.05, 0.1) is 0 Å². The minimum absolute atomic E-state index is 0. The number of rotatable bonds is 2. The smallest absolute Gasteiger partial charge is 0.652 e. The number of carbonyl (C=O) groups is 1. The quantitative estimate of drug-likeness (QED) is 0.417. The molecule has 48 valence electrons. The van der Waals surface area contributed by atoms with Gasteiger partial charge < -0.3 is 15.0 Å². The van der Waals surface area contributed by atoms with Crippen molar-refractivity contribution < 1.29 is 132 Å². The van der Waals surface area contributed by atoms with E-state index in [1.54, 1.807) is 0 Å². The van der Waals surface area contributed by atoms with E-state index < -0.39 is 6.16 Å². The molecule has 6 nitrogen and oxygen atoms in total. The molecule has 0 aromatic rings. The molecule has 0 unspecified atom stereocenters. The van der Waals surface area contributed by atoms with Gasteiger partial charge in [-0.05, 0) is 6.16 Å². The van der Waals surface area contributed by atoms with Crippen LogP contribution in [0.25, 0.3) is 0 Å². The van der Waals surface area contributed by atoms with E-state index >= 15 is 0 Å². The molecule has 10 heteroatoms. The van der Waals surface area contributed by atoms with E-state index in [9.17, 15) is 0 Å². The van der Waals surface area contributed by atoms with Crippen LogP contribution >= 0.6 is 0 Å². The summed E-state index contributed by atoms with van der Waals surface area (Å²) in [7, 11) is 0.125. The van der Waals surface area contributed by atoms with E-state index in [0.717, 1.165) is 0 Å². The maximum atomic E-state index is 8.95. The molecule has 0 amide bonds. The fraction of sp³-hybridized carbons (Fsp3) is 0. The van der Waals surface area contributed by atoms with Gasteiger partial charge in [-0.3, -0.25) is 0 Å². The van der Waals surface area contributed by atoms with Crippen LogP contribution in [0.1, 0.15) is 0 Å². The van der Waals surface area contributed by atoms with Crippen molar-refractivity contribution in [1.82, 2.24) is 0 Å². The summed E-state index contributed by atoms with van der Waals surface area (Å²) in [5.41, 5.74) is 0. The van der Waals surface area contributed by atoms with Gasteiger partial charge in [0, 0.05) is 0 Å². The second-order valence-electron chi connectivity index (χ2n) is 0.579. The maximum Gasteiger partial charge on any atom is 1.00 e. The van der Waals surface area contributed by atoms with E-state index in [2.05, 4.69) is 4.57 Å². The first-order valence-corrected chi connectivity index (χ1v) is 1.56. The standard InChI is InChI=1S/CH2O3.B2O3.2K/c2-1(3)4;3-1-5-2-4;;/h(H2,2,3,4);;;/q;;2*+1/p-2. The number of carbonyl (C=O) groups excluding carboxylic acids is 1. The summed E-state index contributed by atoms with van der Waals surface area (Å²) in [4.78, 5) is 8.33. The summed E-state index contributed by atoms with van der Waals surface area (Å²) in [6, 6.07) is 0. The van der Waals surface area contributed by atoms with Crippen LogP contribution < -0.4 is 113 Å². The van der Waals surface area contributed by atoms with Gasteiger partial charge in [0.2, 0.25) is 0 Å². The summed E-state index contributed by atoms with van der Waals surface area (Å²) in [6.45, 7) is 0. The van der Waals surface area contributed by atoms with Crippen LogP contribution in [-0.4, -0.2) is 20.9 Å². The second kappa shape index (κ2) is 22.7. The van der Waals surface area contributed by atoms with Gasteiger partial charge in [0.1, 0.15) is 0 Å². The third-order valence-electron chi connectivity index (χ3n) is 0.111. The van der Waals surface area contributed by atoms with E-state index in [-0.39, 0.29) is 117 Å². The number of hydrogen-bond donors (Lipinski definition) is 0. The first-order chi connectivity index (χ1) is 4.15. The van der Waals surface area contributed by atoms with Crippen molar-refractivity contribution in [2.75, 3.05) is 0 Å². The Morgan fingerprint density at radius 3 is 1.27 bits per heavy atom. The predicted molar refractivity (Wildman–Crippen MR) is 19.4 cm³/mol. The van der Waals surface area contributed by atoms with Gasteiger partial charge >= 0.3 is 131 Å². The van der Waals surface area contributed by atoms with Crippen molar-refractivity contribution in [2.24, 2.45) is 0 Å². The van der Waals surface area contributed by atoms with Crippen molar-refractivity contribution in [3.63, 3.8) is 0 Å². The van der Waals surface area contributed by atoms with Gasteiger partial charge in [0.15, 0.2) is 0 Å². The van der Waals surface area contributed by atoms with Gasteiger partial charge in [-0.1, -0.05) is 0 Å². The van der Waals surface area contributed by atoms with Gasteiger partial charge in [-0.15, -0.1) is 0 Å². The van der Waals surface area contributed by atoms with E-state index in [4.69, 9.17) is 24.4 Å². The summed E-state index contributed by atoms with van der Waals surface area (Å²) < 4.78 is 21.4. The van der Waals surface area contributed by atoms with Gasteiger partial charge in [-0.25, -0.2) is 0 Å². The molecule has 11 heavy (non-hydrogen) atoms. The van der Waals surface area contributed by atoms with E-state index in [0.29, 0.717) is 0 Å². The summed E-state index contributed by atoms with van der Waals surface area (Å²) in [5, 5.41) is 16.7. The molecule has 0 fully saturated rings. The minimum atomic E-state index is -2.33. The molecule has 0 atom stereocenters. The normalized spacial score (nSPS) is 4.00. The molecule has 0 radical (unpaired) electrons. The Hall–Kier alpha value is 2.07. The largest absolute Gasteiger partial charge is 1.00 e. The molecule has 0 spiro atoms. The first kappa shape index (κ1) is 23.1. The molecule has 0 bridgehead atoms. The fourth-order valence-electron chi connectivity index (χ4n) is 0.0227. The molecule has 0 saturated heterocycles.